The molecular weight excluding hydrogens is 259 g/mol. The number of thiazole rings is 1. The number of nitrogens with zero attached hydrogens (tertiary/aromatic N) is 1. The van der Waals surface area contributed by atoms with Crippen LogP contribution in [0.1, 0.15) is 16.3 Å². The van der Waals surface area contributed by atoms with Crippen LogP contribution < -0.4 is 5.32 Å². The lowest BCUT2D eigenvalue weighted by Crippen LogP contribution is -2.13. The Morgan fingerprint density at radius 1 is 1.41 bits per heavy atom. The zero-order chi connectivity index (χ0) is 12.3. The molecule has 2 nitrogen and oxygen atoms in total. The Kier molecular flexibility index (Phi) is 4.10. The van der Waals surface area contributed by atoms with Crippen LogP contribution in [0.3, 0.4) is 0 Å². The third-order valence-electron chi connectivity index (χ3n) is 2.27. The Labute approximate surface area is 108 Å². The van der Waals surface area contributed by atoms with E-state index in [4.69, 9.17) is 11.6 Å². The van der Waals surface area contributed by atoms with Gasteiger partial charge in [0.25, 0.3) is 0 Å². The molecule has 1 heterocycles. The molecule has 0 fully saturated rings. The maximum atomic E-state index is 13.4. The summed E-state index contributed by atoms with van der Waals surface area (Å²) in [5.74, 6) is -0.277. The molecule has 17 heavy (non-hydrogen) atoms. The molecule has 0 unspecified atom stereocenters. The number of nitrogens with one attached hydrogen (secondary N) is 1. The topological polar surface area (TPSA) is 24.9 Å². The molecule has 0 atom stereocenters. The molecule has 0 radical (unpaired) electrons. The largest absolute Gasteiger partial charge is 0.306 e. The molecule has 0 aliphatic rings. The van der Waals surface area contributed by atoms with Crippen molar-refractivity contribution >= 4 is 22.9 Å². The first-order valence-corrected chi connectivity index (χ1v) is 6.46. The SMILES string of the molecule is Cc1csc(CNCc2ccc(Cl)cc2F)n1. The predicted octanol–water partition coefficient (Wildman–Crippen LogP) is 3.53. The van der Waals surface area contributed by atoms with E-state index in [1.807, 2.05) is 12.3 Å². The monoisotopic (exact) mass is 270 g/mol. The molecule has 0 saturated heterocycles. The van der Waals surface area contributed by atoms with Crippen molar-refractivity contribution in [2.45, 2.75) is 20.0 Å². The first-order valence-electron chi connectivity index (χ1n) is 5.21. The predicted molar refractivity (Wildman–Crippen MR) is 68.8 cm³/mol. The molecule has 2 aromatic rings. The van der Waals surface area contributed by atoms with E-state index in [1.54, 1.807) is 23.5 Å². The highest BCUT2D eigenvalue weighted by Crippen LogP contribution is 2.14. The maximum absolute atomic E-state index is 13.4. The highest BCUT2D eigenvalue weighted by atomic mass is 35.5. The van der Waals surface area contributed by atoms with Gasteiger partial charge in [0.1, 0.15) is 10.8 Å². The summed E-state index contributed by atoms with van der Waals surface area (Å²) in [7, 11) is 0. The van der Waals surface area contributed by atoms with Crippen LogP contribution in [0, 0.1) is 12.7 Å². The van der Waals surface area contributed by atoms with Crippen LogP contribution in [0.25, 0.3) is 0 Å². The zero-order valence-corrected chi connectivity index (χ0v) is 10.9. The van der Waals surface area contributed by atoms with Gasteiger partial charge >= 0.3 is 0 Å². The van der Waals surface area contributed by atoms with Crippen molar-refractivity contribution in [1.29, 1.82) is 0 Å². The summed E-state index contributed by atoms with van der Waals surface area (Å²) in [6.07, 6.45) is 0. The molecule has 2 rings (SSSR count). The van der Waals surface area contributed by atoms with Gasteiger partial charge in [0, 0.05) is 34.7 Å². The van der Waals surface area contributed by atoms with E-state index >= 15 is 0 Å². The Balaban J connectivity index is 1.90. The lowest BCUT2D eigenvalue weighted by atomic mass is 10.2. The van der Waals surface area contributed by atoms with Gasteiger partial charge in [-0.1, -0.05) is 17.7 Å². The second-order valence-electron chi connectivity index (χ2n) is 3.72. The molecule has 90 valence electrons. The Bertz CT molecular complexity index is 513. The van der Waals surface area contributed by atoms with Crippen molar-refractivity contribution in [1.82, 2.24) is 10.3 Å². The average Bonchev–Trinajstić information content (AvgIpc) is 2.68. The van der Waals surface area contributed by atoms with Crippen molar-refractivity contribution < 1.29 is 4.39 Å². The van der Waals surface area contributed by atoms with E-state index in [-0.39, 0.29) is 5.82 Å². The minimum absolute atomic E-state index is 0.277. The van der Waals surface area contributed by atoms with Crippen molar-refractivity contribution in [2.24, 2.45) is 0 Å². The Hall–Kier alpha value is -0.970. The van der Waals surface area contributed by atoms with E-state index in [1.165, 1.54) is 6.07 Å². The number of aryl methyl sites for hydroxylation is 1. The summed E-state index contributed by atoms with van der Waals surface area (Å²) >= 11 is 7.28. The number of hydrogen-bond donors (Lipinski definition) is 1. The number of rotatable bonds is 4. The molecule has 1 N–H and O–H groups in total. The van der Waals surface area contributed by atoms with Gasteiger partial charge in [0.05, 0.1) is 0 Å². The minimum Gasteiger partial charge on any atom is -0.306 e. The summed E-state index contributed by atoms with van der Waals surface area (Å²) in [6.45, 7) is 3.08. The van der Waals surface area contributed by atoms with Crippen LogP contribution in [-0.2, 0) is 13.1 Å². The maximum Gasteiger partial charge on any atom is 0.129 e. The van der Waals surface area contributed by atoms with Gasteiger partial charge in [-0.3, -0.25) is 0 Å². The van der Waals surface area contributed by atoms with E-state index in [0.717, 1.165) is 10.7 Å². The molecule has 0 spiro atoms. The first-order chi connectivity index (χ1) is 8.15. The summed E-state index contributed by atoms with van der Waals surface area (Å²) in [4.78, 5) is 4.32. The third-order valence-corrected chi connectivity index (χ3v) is 3.48. The lowest BCUT2D eigenvalue weighted by Gasteiger charge is -2.04. The Morgan fingerprint density at radius 3 is 2.88 bits per heavy atom. The minimum atomic E-state index is -0.277. The second kappa shape index (κ2) is 5.58. The molecule has 1 aromatic heterocycles. The molecule has 0 saturated carbocycles. The van der Waals surface area contributed by atoms with Gasteiger partial charge < -0.3 is 5.32 Å². The highest BCUT2D eigenvalue weighted by Gasteiger charge is 2.03. The van der Waals surface area contributed by atoms with Crippen LogP contribution in [-0.4, -0.2) is 4.98 Å². The van der Waals surface area contributed by atoms with Gasteiger partial charge in [0.15, 0.2) is 0 Å². The van der Waals surface area contributed by atoms with Crippen molar-refractivity contribution in [3.63, 3.8) is 0 Å². The summed E-state index contributed by atoms with van der Waals surface area (Å²) < 4.78 is 13.4. The van der Waals surface area contributed by atoms with Crippen molar-refractivity contribution in [3.05, 3.63) is 50.7 Å². The first kappa shape index (κ1) is 12.5. The van der Waals surface area contributed by atoms with E-state index < -0.39 is 0 Å². The second-order valence-corrected chi connectivity index (χ2v) is 5.10. The number of benzene rings is 1. The van der Waals surface area contributed by atoms with E-state index in [9.17, 15) is 4.39 Å². The fourth-order valence-corrected chi connectivity index (χ4v) is 2.35. The van der Waals surface area contributed by atoms with Crippen LogP contribution in [0.2, 0.25) is 5.02 Å². The normalized spacial score (nSPS) is 10.8. The van der Waals surface area contributed by atoms with Gasteiger partial charge in [0.2, 0.25) is 0 Å². The molecular formula is C12H12ClFN2S. The van der Waals surface area contributed by atoms with Crippen molar-refractivity contribution in [2.75, 3.05) is 0 Å². The highest BCUT2D eigenvalue weighted by molar-refractivity contribution is 7.09. The van der Waals surface area contributed by atoms with Gasteiger partial charge in [-0.15, -0.1) is 11.3 Å². The molecule has 0 bridgehead atoms. The average molecular weight is 271 g/mol. The molecule has 1 aromatic carbocycles. The van der Waals surface area contributed by atoms with E-state index in [2.05, 4.69) is 10.3 Å². The molecule has 0 aliphatic heterocycles. The fourth-order valence-electron chi connectivity index (χ4n) is 1.45. The van der Waals surface area contributed by atoms with Gasteiger partial charge in [-0.05, 0) is 19.1 Å². The van der Waals surface area contributed by atoms with E-state index in [0.29, 0.717) is 23.7 Å². The smallest absolute Gasteiger partial charge is 0.129 e. The fraction of sp³-hybridized carbons (Fsp3) is 0.250. The summed E-state index contributed by atoms with van der Waals surface area (Å²) in [6, 6.07) is 4.71. The summed E-state index contributed by atoms with van der Waals surface area (Å²) in [5, 5.41) is 6.59. The van der Waals surface area contributed by atoms with Crippen molar-refractivity contribution in [3.8, 4) is 0 Å². The summed E-state index contributed by atoms with van der Waals surface area (Å²) in [5.41, 5.74) is 1.63. The quantitative estimate of drug-likeness (QED) is 0.919. The zero-order valence-electron chi connectivity index (χ0n) is 9.34. The van der Waals surface area contributed by atoms with Gasteiger partial charge in [-0.2, -0.15) is 0 Å². The van der Waals surface area contributed by atoms with Crippen LogP contribution in [0.5, 0.6) is 0 Å². The Morgan fingerprint density at radius 2 is 2.24 bits per heavy atom. The lowest BCUT2D eigenvalue weighted by molar-refractivity contribution is 0.587. The van der Waals surface area contributed by atoms with Gasteiger partial charge in [-0.25, -0.2) is 9.37 Å². The molecule has 0 amide bonds. The number of aromatic nitrogens is 1. The number of halogens is 2. The molecule has 0 aliphatic carbocycles. The number of hydrogen-bond acceptors (Lipinski definition) is 3. The molecule has 5 heteroatoms. The van der Waals surface area contributed by atoms with Crippen LogP contribution in [0.4, 0.5) is 4.39 Å². The van der Waals surface area contributed by atoms with Crippen LogP contribution >= 0.6 is 22.9 Å². The standard InChI is InChI=1S/C12H12ClFN2S/c1-8-7-17-12(16-8)6-15-5-9-2-3-10(13)4-11(9)14/h2-4,7,15H,5-6H2,1H3. The van der Waals surface area contributed by atoms with Crippen LogP contribution in [0.15, 0.2) is 23.6 Å². The third kappa shape index (κ3) is 3.49.